The largest absolute Gasteiger partial charge is 0.335 e. The fraction of sp³-hybridized carbons (Fsp3) is 0.562. The summed E-state index contributed by atoms with van der Waals surface area (Å²) in [5.41, 5.74) is 1.10. The van der Waals surface area contributed by atoms with Gasteiger partial charge < -0.3 is 4.90 Å². The van der Waals surface area contributed by atoms with Crippen molar-refractivity contribution in [2.45, 2.75) is 19.9 Å². The van der Waals surface area contributed by atoms with Gasteiger partial charge in [0.15, 0.2) is 0 Å². The van der Waals surface area contributed by atoms with Crippen molar-refractivity contribution < 1.29 is 13.2 Å². The maximum atomic E-state index is 12.1. The zero-order chi connectivity index (χ0) is 15.9. The molecule has 3 atom stereocenters. The third-order valence-electron chi connectivity index (χ3n) is 4.93. The number of amides is 1. The average molecular weight is 322 g/mol. The van der Waals surface area contributed by atoms with Gasteiger partial charge in [-0.2, -0.15) is 0 Å². The normalized spacial score (nSPS) is 28.8. The summed E-state index contributed by atoms with van der Waals surface area (Å²) in [7, 11) is -3.15. The van der Waals surface area contributed by atoms with Crippen LogP contribution in [0.2, 0.25) is 0 Å². The van der Waals surface area contributed by atoms with Crippen molar-refractivity contribution in [2.24, 2.45) is 11.8 Å². The van der Waals surface area contributed by atoms with Gasteiger partial charge in [0.25, 0.3) is 0 Å². The molecule has 1 aromatic rings. The molecule has 0 N–H and O–H groups in total. The number of likely N-dealkylation sites (tertiary alicyclic amines) is 1. The highest BCUT2D eigenvalue weighted by molar-refractivity contribution is 7.89. The second-order valence-electron chi connectivity index (χ2n) is 6.17. The number of carbonyl (C=O) groups excluding carboxylic acids is 1. The molecular weight excluding hydrogens is 300 g/mol. The van der Waals surface area contributed by atoms with Crippen LogP contribution < -0.4 is 0 Å². The molecule has 1 aromatic carbocycles. The monoisotopic (exact) mass is 322 g/mol. The van der Waals surface area contributed by atoms with Gasteiger partial charge in [0, 0.05) is 32.5 Å². The maximum absolute atomic E-state index is 12.1. The summed E-state index contributed by atoms with van der Waals surface area (Å²) in [5, 5.41) is 0. The highest BCUT2D eigenvalue weighted by Crippen LogP contribution is 2.45. The first-order chi connectivity index (χ1) is 10.4. The molecule has 0 saturated carbocycles. The Morgan fingerprint density at radius 1 is 1.18 bits per heavy atom. The molecule has 22 heavy (non-hydrogen) atoms. The van der Waals surface area contributed by atoms with E-state index in [1.165, 1.54) is 0 Å². The van der Waals surface area contributed by atoms with Gasteiger partial charge in [-0.25, -0.2) is 12.7 Å². The van der Waals surface area contributed by atoms with E-state index in [4.69, 9.17) is 0 Å². The number of hydrogen-bond acceptors (Lipinski definition) is 3. The van der Waals surface area contributed by atoms with Crippen molar-refractivity contribution >= 4 is 15.9 Å². The van der Waals surface area contributed by atoms with E-state index in [2.05, 4.69) is 0 Å². The van der Waals surface area contributed by atoms with Crippen molar-refractivity contribution in [1.82, 2.24) is 9.21 Å². The lowest BCUT2D eigenvalue weighted by Gasteiger charge is -2.28. The molecule has 0 radical (unpaired) electrons. The van der Waals surface area contributed by atoms with E-state index in [-0.39, 0.29) is 29.5 Å². The Bertz CT molecular complexity index is 659. The Morgan fingerprint density at radius 3 is 2.45 bits per heavy atom. The Morgan fingerprint density at radius 2 is 1.86 bits per heavy atom. The predicted octanol–water partition coefficient (Wildman–Crippen LogP) is 1.49. The lowest BCUT2D eigenvalue weighted by Crippen LogP contribution is -2.37. The summed E-state index contributed by atoms with van der Waals surface area (Å²) in [6.45, 7) is 4.98. The van der Waals surface area contributed by atoms with Gasteiger partial charge in [0.1, 0.15) is 0 Å². The first-order valence-corrected chi connectivity index (χ1v) is 9.35. The minimum Gasteiger partial charge on any atom is -0.335 e. The zero-order valence-corrected chi connectivity index (χ0v) is 13.8. The molecule has 2 fully saturated rings. The van der Waals surface area contributed by atoms with Gasteiger partial charge in [-0.1, -0.05) is 30.3 Å². The number of nitrogens with zero attached hydrogens (tertiary/aromatic N) is 2. The van der Waals surface area contributed by atoms with Gasteiger partial charge in [-0.15, -0.1) is 0 Å². The standard InChI is InChI=1S/C16H22N2O3S/c1-3-22(20,21)17-9-14-10-18(12(2)19)16(15(14)11-17)13-7-5-4-6-8-13/h4-8,14-16H,3,9-11H2,1-2H3/t14-,15-,16-/m1/s1. The minimum absolute atomic E-state index is 0.0132. The van der Waals surface area contributed by atoms with Gasteiger partial charge in [0.05, 0.1) is 11.8 Å². The van der Waals surface area contributed by atoms with Crippen molar-refractivity contribution in [2.75, 3.05) is 25.4 Å². The van der Waals surface area contributed by atoms with Crippen molar-refractivity contribution in [1.29, 1.82) is 0 Å². The first-order valence-electron chi connectivity index (χ1n) is 7.74. The van der Waals surface area contributed by atoms with E-state index in [0.717, 1.165) is 5.56 Å². The lowest BCUT2D eigenvalue weighted by atomic mass is 9.89. The van der Waals surface area contributed by atoms with Crippen molar-refractivity contribution in [3.05, 3.63) is 35.9 Å². The average Bonchev–Trinajstić information content (AvgIpc) is 3.05. The van der Waals surface area contributed by atoms with Crippen LogP contribution in [0.3, 0.4) is 0 Å². The minimum atomic E-state index is -3.15. The van der Waals surface area contributed by atoms with Gasteiger partial charge in [0.2, 0.25) is 15.9 Å². The Kier molecular flexibility index (Phi) is 3.99. The second-order valence-corrected chi connectivity index (χ2v) is 8.43. The summed E-state index contributed by atoms with van der Waals surface area (Å²) < 4.78 is 25.9. The molecular formula is C16H22N2O3S. The van der Waals surface area contributed by atoms with Crippen LogP contribution in [-0.2, 0) is 14.8 Å². The summed E-state index contributed by atoms with van der Waals surface area (Å²) in [6.07, 6.45) is 0. The van der Waals surface area contributed by atoms with E-state index in [1.54, 1.807) is 18.2 Å². The summed E-state index contributed by atoms with van der Waals surface area (Å²) >= 11 is 0. The SMILES string of the molecule is CCS(=O)(=O)N1C[C@@H]2CN(C(C)=O)[C@H](c3ccccc3)[C@@H]2C1. The molecule has 1 amide bonds. The molecule has 2 aliphatic rings. The predicted molar refractivity (Wildman–Crippen MR) is 84.6 cm³/mol. The highest BCUT2D eigenvalue weighted by Gasteiger charge is 2.50. The van der Waals surface area contributed by atoms with Crippen LogP contribution in [0.1, 0.15) is 25.5 Å². The quantitative estimate of drug-likeness (QED) is 0.847. The fourth-order valence-corrected chi connectivity index (χ4v) is 5.00. The maximum Gasteiger partial charge on any atom is 0.219 e. The number of sulfonamides is 1. The number of carbonyl (C=O) groups is 1. The molecule has 3 rings (SSSR count). The molecule has 0 aromatic heterocycles. The van der Waals surface area contributed by atoms with Crippen LogP contribution in [0.5, 0.6) is 0 Å². The Labute approximate surface area is 132 Å². The molecule has 0 aliphatic carbocycles. The molecule has 2 heterocycles. The van der Waals surface area contributed by atoms with Crippen LogP contribution in [0.15, 0.2) is 30.3 Å². The molecule has 120 valence electrons. The third kappa shape index (κ3) is 2.54. The topological polar surface area (TPSA) is 57.7 Å². The van der Waals surface area contributed by atoms with Crippen LogP contribution >= 0.6 is 0 Å². The molecule has 0 bridgehead atoms. The number of hydrogen-bond donors (Lipinski definition) is 0. The van der Waals surface area contributed by atoms with Crippen LogP contribution in [0.25, 0.3) is 0 Å². The molecule has 0 spiro atoms. The summed E-state index contributed by atoms with van der Waals surface area (Å²) in [5.74, 6) is 0.620. The van der Waals surface area contributed by atoms with Crippen LogP contribution in [-0.4, -0.2) is 48.9 Å². The molecule has 2 saturated heterocycles. The second kappa shape index (κ2) is 5.66. The lowest BCUT2D eigenvalue weighted by molar-refractivity contribution is -0.130. The summed E-state index contributed by atoms with van der Waals surface area (Å²) in [6, 6.07) is 9.93. The van der Waals surface area contributed by atoms with E-state index < -0.39 is 10.0 Å². The smallest absolute Gasteiger partial charge is 0.219 e. The Hall–Kier alpha value is -1.40. The molecule has 2 aliphatic heterocycles. The zero-order valence-electron chi connectivity index (χ0n) is 13.0. The number of rotatable bonds is 3. The van der Waals surface area contributed by atoms with Gasteiger partial charge >= 0.3 is 0 Å². The van der Waals surface area contributed by atoms with E-state index in [1.807, 2.05) is 35.2 Å². The van der Waals surface area contributed by atoms with E-state index >= 15 is 0 Å². The molecule has 5 nitrogen and oxygen atoms in total. The van der Waals surface area contributed by atoms with Gasteiger partial charge in [-0.3, -0.25) is 4.79 Å². The van der Waals surface area contributed by atoms with Crippen LogP contribution in [0.4, 0.5) is 0 Å². The highest BCUT2D eigenvalue weighted by atomic mass is 32.2. The fourth-order valence-electron chi connectivity index (χ4n) is 3.82. The van der Waals surface area contributed by atoms with Crippen molar-refractivity contribution in [3.63, 3.8) is 0 Å². The number of benzene rings is 1. The summed E-state index contributed by atoms with van der Waals surface area (Å²) in [4.78, 5) is 13.9. The van der Waals surface area contributed by atoms with Crippen molar-refractivity contribution in [3.8, 4) is 0 Å². The van der Waals surface area contributed by atoms with Gasteiger partial charge in [-0.05, 0) is 18.4 Å². The molecule has 0 unspecified atom stereocenters. The first kappa shape index (κ1) is 15.5. The number of fused-ring (bicyclic) bond motifs is 1. The molecule has 6 heteroatoms. The van der Waals surface area contributed by atoms with E-state index in [9.17, 15) is 13.2 Å². The van der Waals surface area contributed by atoms with E-state index in [0.29, 0.717) is 19.6 Å². The third-order valence-corrected chi connectivity index (χ3v) is 6.75. The van der Waals surface area contributed by atoms with Crippen LogP contribution in [0, 0.1) is 11.8 Å². The Balaban J connectivity index is 1.91.